The summed E-state index contributed by atoms with van der Waals surface area (Å²) in [5, 5.41) is 0. The van der Waals surface area contributed by atoms with Crippen molar-refractivity contribution in [3.05, 3.63) is 59.3 Å². The molecule has 0 atom stereocenters. The lowest BCUT2D eigenvalue weighted by Crippen LogP contribution is -2.18. The van der Waals surface area contributed by atoms with Gasteiger partial charge < -0.3 is 10.5 Å². The van der Waals surface area contributed by atoms with Crippen LogP contribution in [0.2, 0.25) is 0 Å². The smallest absolute Gasteiger partial charge is 0.217 e. The van der Waals surface area contributed by atoms with E-state index in [-0.39, 0.29) is 0 Å². The lowest BCUT2D eigenvalue weighted by atomic mass is 10.1. The summed E-state index contributed by atoms with van der Waals surface area (Å²) >= 11 is 0. The van der Waals surface area contributed by atoms with Crippen LogP contribution < -0.4 is 10.5 Å². The molecule has 2 rings (SSSR count). The van der Waals surface area contributed by atoms with Gasteiger partial charge in [-0.15, -0.1) is 0 Å². The third kappa shape index (κ3) is 3.79. The van der Waals surface area contributed by atoms with Crippen LogP contribution in [0.25, 0.3) is 0 Å². The molecule has 106 valence electrons. The summed E-state index contributed by atoms with van der Waals surface area (Å²) in [5.41, 5.74) is 9.13. The first-order chi connectivity index (χ1) is 9.72. The molecule has 2 N–H and O–H groups in total. The highest BCUT2D eigenvalue weighted by molar-refractivity contribution is 5.26. The van der Waals surface area contributed by atoms with Crippen LogP contribution in [-0.2, 0) is 19.6 Å². The van der Waals surface area contributed by atoms with Gasteiger partial charge >= 0.3 is 0 Å². The van der Waals surface area contributed by atoms with Crippen LogP contribution in [-0.4, -0.2) is 24.0 Å². The van der Waals surface area contributed by atoms with Gasteiger partial charge in [0.25, 0.3) is 0 Å². The van der Waals surface area contributed by atoms with Gasteiger partial charge in [-0.05, 0) is 24.2 Å². The maximum atomic E-state index is 5.60. The molecule has 20 heavy (non-hydrogen) atoms. The van der Waals surface area contributed by atoms with Gasteiger partial charge in [0.05, 0.1) is 7.11 Å². The maximum Gasteiger partial charge on any atom is 0.217 e. The van der Waals surface area contributed by atoms with Gasteiger partial charge in [-0.3, -0.25) is 4.90 Å². The number of nitrogens with zero attached hydrogens (tertiary/aromatic N) is 2. The average Bonchev–Trinajstić information content (AvgIpc) is 2.48. The molecule has 2 aromatic rings. The molecule has 1 aromatic carbocycles. The Morgan fingerprint density at radius 2 is 1.80 bits per heavy atom. The largest absolute Gasteiger partial charge is 0.481 e. The average molecular weight is 271 g/mol. The number of pyridine rings is 1. The molecule has 0 radical (unpaired) electrons. The fraction of sp³-hybridized carbons (Fsp3) is 0.312. The van der Waals surface area contributed by atoms with E-state index in [0.717, 1.165) is 24.2 Å². The second kappa shape index (κ2) is 7.03. The molecular weight excluding hydrogens is 250 g/mol. The summed E-state index contributed by atoms with van der Waals surface area (Å²) in [6, 6.07) is 12.4. The molecule has 0 fully saturated rings. The summed E-state index contributed by atoms with van der Waals surface area (Å²) in [6.45, 7) is 2.27. The number of benzene rings is 1. The highest BCUT2D eigenvalue weighted by Gasteiger charge is 2.07. The fourth-order valence-corrected chi connectivity index (χ4v) is 2.17. The van der Waals surface area contributed by atoms with Crippen LogP contribution in [0.3, 0.4) is 0 Å². The second-order valence-corrected chi connectivity index (χ2v) is 4.86. The number of hydrogen-bond donors (Lipinski definition) is 1. The summed E-state index contributed by atoms with van der Waals surface area (Å²) in [4.78, 5) is 6.45. The lowest BCUT2D eigenvalue weighted by Gasteiger charge is -2.18. The number of nitrogens with two attached hydrogens (primary N) is 1. The fourth-order valence-electron chi connectivity index (χ4n) is 2.17. The number of rotatable bonds is 6. The predicted molar refractivity (Wildman–Crippen MR) is 80.3 cm³/mol. The molecule has 0 aliphatic rings. The van der Waals surface area contributed by atoms with E-state index in [0.29, 0.717) is 12.4 Å². The zero-order valence-corrected chi connectivity index (χ0v) is 12.0. The molecule has 1 aromatic heterocycles. The van der Waals surface area contributed by atoms with E-state index in [1.807, 2.05) is 12.1 Å². The van der Waals surface area contributed by atoms with E-state index in [1.165, 1.54) is 5.56 Å². The van der Waals surface area contributed by atoms with Gasteiger partial charge in [0.1, 0.15) is 0 Å². The van der Waals surface area contributed by atoms with Crippen molar-refractivity contribution in [2.75, 3.05) is 14.2 Å². The van der Waals surface area contributed by atoms with Gasteiger partial charge in [-0.25, -0.2) is 4.98 Å². The van der Waals surface area contributed by atoms with E-state index in [9.17, 15) is 0 Å². The Hall–Kier alpha value is -1.91. The summed E-state index contributed by atoms with van der Waals surface area (Å²) in [7, 11) is 3.74. The van der Waals surface area contributed by atoms with Crippen LogP contribution in [0.1, 0.15) is 16.7 Å². The second-order valence-electron chi connectivity index (χ2n) is 4.86. The third-order valence-electron chi connectivity index (χ3n) is 3.19. The van der Waals surface area contributed by atoms with E-state index in [2.05, 4.69) is 41.2 Å². The normalized spacial score (nSPS) is 10.8. The van der Waals surface area contributed by atoms with E-state index >= 15 is 0 Å². The van der Waals surface area contributed by atoms with Gasteiger partial charge in [0.2, 0.25) is 5.88 Å². The van der Waals surface area contributed by atoms with E-state index in [1.54, 1.807) is 13.3 Å². The van der Waals surface area contributed by atoms with Crippen molar-refractivity contribution in [3.8, 4) is 5.88 Å². The molecule has 1 heterocycles. The Balaban J connectivity index is 1.99. The zero-order chi connectivity index (χ0) is 14.4. The minimum absolute atomic E-state index is 0.586. The number of aromatic nitrogens is 1. The van der Waals surface area contributed by atoms with Gasteiger partial charge in [-0.1, -0.05) is 30.3 Å². The topological polar surface area (TPSA) is 51.4 Å². The molecule has 4 heteroatoms. The van der Waals surface area contributed by atoms with Crippen LogP contribution in [0, 0.1) is 0 Å². The van der Waals surface area contributed by atoms with E-state index < -0.39 is 0 Å². The minimum Gasteiger partial charge on any atom is -0.481 e. The number of hydrogen-bond acceptors (Lipinski definition) is 4. The van der Waals surface area contributed by atoms with Crippen LogP contribution in [0.4, 0.5) is 0 Å². The molecule has 0 bridgehead atoms. The van der Waals surface area contributed by atoms with Crippen molar-refractivity contribution in [2.45, 2.75) is 19.6 Å². The Morgan fingerprint density at radius 1 is 1.10 bits per heavy atom. The quantitative estimate of drug-likeness (QED) is 0.875. The maximum absolute atomic E-state index is 5.60. The minimum atomic E-state index is 0.586. The van der Waals surface area contributed by atoms with Crippen molar-refractivity contribution >= 4 is 0 Å². The third-order valence-corrected chi connectivity index (χ3v) is 3.19. The lowest BCUT2D eigenvalue weighted by molar-refractivity contribution is 0.307. The highest BCUT2D eigenvalue weighted by Crippen LogP contribution is 2.16. The summed E-state index contributed by atoms with van der Waals surface area (Å²) < 4.78 is 5.28. The Labute approximate surface area is 120 Å². The molecule has 0 saturated carbocycles. The van der Waals surface area contributed by atoms with Crippen LogP contribution in [0.5, 0.6) is 5.88 Å². The van der Waals surface area contributed by atoms with E-state index in [4.69, 9.17) is 10.5 Å². The molecule has 0 unspecified atom stereocenters. The molecule has 4 nitrogen and oxygen atoms in total. The van der Waals surface area contributed by atoms with Crippen molar-refractivity contribution in [3.63, 3.8) is 0 Å². The van der Waals surface area contributed by atoms with Gasteiger partial charge in [0.15, 0.2) is 0 Å². The summed E-state index contributed by atoms with van der Waals surface area (Å²) in [5.74, 6) is 0.692. The van der Waals surface area contributed by atoms with Crippen molar-refractivity contribution in [1.29, 1.82) is 0 Å². The van der Waals surface area contributed by atoms with Crippen LogP contribution in [0.15, 0.2) is 42.6 Å². The monoisotopic (exact) mass is 271 g/mol. The first-order valence-electron chi connectivity index (χ1n) is 6.67. The Kier molecular flexibility index (Phi) is 5.09. The molecule has 0 aliphatic carbocycles. The highest BCUT2D eigenvalue weighted by atomic mass is 16.5. The van der Waals surface area contributed by atoms with Gasteiger partial charge in [0, 0.05) is 31.4 Å². The zero-order valence-electron chi connectivity index (χ0n) is 12.0. The first-order valence-corrected chi connectivity index (χ1v) is 6.67. The molecule has 0 spiro atoms. The standard InChI is InChI=1S/C16H21N3O/c1-19(11-14-7-5-13(10-17)6-8-14)12-15-4-3-9-18-16(15)20-2/h3-9H,10-12,17H2,1-2H3. The molecule has 0 amide bonds. The van der Waals surface area contributed by atoms with Crippen molar-refractivity contribution in [2.24, 2.45) is 5.73 Å². The molecule has 0 saturated heterocycles. The number of methoxy groups -OCH3 is 1. The Morgan fingerprint density at radius 3 is 2.45 bits per heavy atom. The van der Waals surface area contributed by atoms with Crippen molar-refractivity contribution in [1.82, 2.24) is 9.88 Å². The van der Waals surface area contributed by atoms with Crippen LogP contribution >= 0.6 is 0 Å². The SMILES string of the molecule is COc1ncccc1CN(C)Cc1ccc(CN)cc1. The first kappa shape index (κ1) is 14.5. The number of ether oxygens (including phenoxy) is 1. The van der Waals surface area contributed by atoms with Gasteiger partial charge in [-0.2, -0.15) is 0 Å². The summed E-state index contributed by atoms with van der Waals surface area (Å²) in [6.07, 6.45) is 1.74. The Bertz CT molecular complexity index is 540. The molecular formula is C16H21N3O. The predicted octanol–water partition coefficient (Wildman–Crippen LogP) is 2.18. The molecule has 0 aliphatic heterocycles. The van der Waals surface area contributed by atoms with Crippen molar-refractivity contribution < 1.29 is 4.74 Å².